The van der Waals surface area contributed by atoms with Gasteiger partial charge in [0.15, 0.2) is 0 Å². The number of carbonyl (C=O) groups is 2. The Balaban J connectivity index is 0.000000471. The van der Waals surface area contributed by atoms with Crippen molar-refractivity contribution in [2.45, 2.75) is 18.9 Å². The van der Waals surface area contributed by atoms with Crippen molar-refractivity contribution in [3.63, 3.8) is 0 Å². The molecular weight excluding hydrogens is 375 g/mol. The SMILES string of the molecule is NC(=O)CC[C@H](N)C(=O)O.O=[S-](=O)Oc1ccc2cccccc1-2.[K+]. The summed E-state index contributed by atoms with van der Waals surface area (Å²) < 4.78 is 25.4. The van der Waals surface area contributed by atoms with Crippen LogP contribution in [0.2, 0.25) is 0 Å². The first-order valence-corrected chi connectivity index (χ1v) is 7.83. The molecule has 130 valence electrons. The van der Waals surface area contributed by atoms with E-state index < -0.39 is 28.9 Å². The number of nitrogens with two attached hydrogens (primary N) is 2. The van der Waals surface area contributed by atoms with E-state index in [-0.39, 0.29) is 64.2 Å². The van der Waals surface area contributed by atoms with E-state index in [9.17, 15) is 18.0 Å². The average Bonchev–Trinajstić information content (AvgIpc) is 2.73. The molecule has 25 heavy (non-hydrogen) atoms. The summed E-state index contributed by atoms with van der Waals surface area (Å²) in [7, 11) is -2.52. The Labute approximate surface area is 189 Å². The number of hydrogen-bond acceptors (Lipinski definition) is 7. The second-order valence-corrected chi connectivity index (χ2v) is 5.29. The van der Waals surface area contributed by atoms with Gasteiger partial charge in [-0.05, 0) is 18.1 Å². The predicted molar refractivity (Wildman–Crippen MR) is 86.5 cm³/mol. The fourth-order valence-electron chi connectivity index (χ4n) is 1.75. The van der Waals surface area contributed by atoms with Gasteiger partial charge in [0, 0.05) is 12.0 Å². The normalized spacial score (nSPS) is 11.0. The number of aliphatic carboxylic acids is 1. The Morgan fingerprint density at radius 2 is 1.76 bits per heavy atom. The van der Waals surface area contributed by atoms with Gasteiger partial charge >= 0.3 is 57.4 Å². The van der Waals surface area contributed by atoms with Crippen molar-refractivity contribution in [1.82, 2.24) is 0 Å². The molecule has 0 aliphatic heterocycles. The van der Waals surface area contributed by atoms with E-state index in [1.54, 1.807) is 6.07 Å². The zero-order valence-electron chi connectivity index (χ0n) is 13.6. The zero-order chi connectivity index (χ0) is 18.1. The number of carboxylic acid groups (broad SMARTS) is 1. The van der Waals surface area contributed by atoms with Crippen LogP contribution >= 0.6 is 0 Å². The average molecular weight is 392 g/mol. The third-order valence-electron chi connectivity index (χ3n) is 2.93. The summed E-state index contributed by atoms with van der Waals surface area (Å²) in [5.41, 5.74) is 11.6. The van der Waals surface area contributed by atoms with E-state index in [1.807, 2.05) is 36.4 Å². The van der Waals surface area contributed by atoms with Crippen molar-refractivity contribution in [2.24, 2.45) is 11.5 Å². The van der Waals surface area contributed by atoms with Gasteiger partial charge < -0.3 is 29.2 Å². The molecule has 0 spiro atoms. The first-order valence-electron chi connectivity index (χ1n) is 6.83. The molecule has 0 saturated carbocycles. The minimum atomic E-state index is -2.52. The maximum absolute atomic E-state index is 10.4. The minimum absolute atomic E-state index is 0. The molecule has 0 bridgehead atoms. The van der Waals surface area contributed by atoms with E-state index in [1.165, 1.54) is 0 Å². The third-order valence-corrected chi connectivity index (χ3v) is 3.24. The fourth-order valence-corrected chi connectivity index (χ4v) is 2.05. The van der Waals surface area contributed by atoms with Crippen molar-refractivity contribution in [3.05, 3.63) is 42.5 Å². The largest absolute Gasteiger partial charge is 1.00 e. The van der Waals surface area contributed by atoms with Crippen LogP contribution in [-0.2, 0) is 29.0 Å². The Bertz CT molecular complexity index is 745. The quantitative estimate of drug-likeness (QED) is 0.382. The zero-order valence-corrected chi connectivity index (χ0v) is 17.5. The molecule has 0 radical (unpaired) electrons. The summed E-state index contributed by atoms with van der Waals surface area (Å²) in [4.78, 5) is 20.1. The smallest absolute Gasteiger partial charge is 0.532 e. The van der Waals surface area contributed by atoms with Gasteiger partial charge in [-0.1, -0.05) is 36.4 Å². The number of carbonyl (C=O) groups excluding carboxylic acids is 1. The number of primary amides is 1. The minimum Gasteiger partial charge on any atom is -0.532 e. The van der Waals surface area contributed by atoms with Crippen LogP contribution in [0.5, 0.6) is 5.75 Å². The van der Waals surface area contributed by atoms with Crippen LogP contribution < -0.4 is 67.0 Å². The van der Waals surface area contributed by atoms with Crippen LogP contribution in [0.3, 0.4) is 0 Å². The van der Waals surface area contributed by atoms with Gasteiger partial charge in [-0.2, -0.15) is 0 Å². The van der Waals surface area contributed by atoms with Crippen LogP contribution in [0.25, 0.3) is 11.1 Å². The Morgan fingerprint density at radius 3 is 2.32 bits per heavy atom. The van der Waals surface area contributed by atoms with Crippen LogP contribution in [0.15, 0.2) is 42.5 Å². The van der Waals surface area contributed by atoms with E-state index in [0.29, 0.717) is 5.75 Å². The molecule has 0 heterocycles. The summed E-state index contributed by atoms with van der Waals surface area (Å²) >= 11 is 0. The van der Waals surface area contributed by atoms with Gasteiger partial charge in [0.25, 0.3) is 0 Å². The summed E-state index contributed by atoms with van der Waals surface area (Å²) in [6.45, 7) is 0. The van der Waals surface area contributed by atoms with Crippen molar-refractivity contribution in [2.75, 3.05) is 0 Å². The van der Waals surface area contributed by atoms with Gasteiger partial charge in [0.2, 0.25) is 5.91 Å². The standard InChI is InChI=1S/C10H7O3S.C5H10N2O3.K/c11-14(12)13-10-7-6-8-4-2-1-3-5-9(8)10;6-3(5(9)10)1-2-4(7)8;/h1-7H;3H,1-2,6H2,(H2,7,8)(H,9,10);/q-1;;+1/t;3-;/m.0./s1. The second-order valence-electron chi connectivity index (χ2n) is 4.71. The van der Waals surface area contributed by atoms with Crippen molar-refractivity contribution in [1.29, 1.82) is 0 Å². The molecule has 0 unspecified atom stereocenters. The molecule has 1 amide bonds. The molecule has 0 aromatic carbocycles. The second kappa shape index (κ2) is 12.4. The number of carboxylic acids is 1. The van der Waals surface area contributed by atoms with Crippen molar-refractivity contribution < 1.29 is 78.7 Å². The molecule has 0 aromatic rings. The van der Waals surface area contributed by atoms with E-state index >= 15 is 0 Å². The molecule has 0 saturated heterocycles. The summed E-state index contributed by atoms with van der Waals surface area (Å²) in [5, 5.41) is 8.22. The molecule has 2 rings (SSSR count). The fraction of sp³-hybridized carbons (Fsp3) is 0.200. The molecule has 8 nitrogen and oxygen atoms in total. The first-order chi connectivity index (χ1) is 11.3. The van der Waals surface area contributed by atoms with Gasteiger partial charge in [-0.3, -0.25) is 9.59 Å². The summed E-state index contributed by atoms with van der Waals surface area (Å²) in [5.74, 6) is -1.28. The van der Waals surface area contributed by atoms with Crippen molar-refractivity contribution in [3.8, 4) is 16.9 Å². The van der Waals surface area contributed by atoms with E-state index in [4.69, 9.17) is 16.6 Å². The van der Waals surface area contributed by atoms with Crippen LogP contribution in [0.1, 0.15) is 12.8 Å². The monoisotopic (exact) mass is 392 g/mol. The topological polar surface area (TPSA) is 150 Å². The molecule has 0 aromatic heterocycles. The van der Waals surface area contributed by atoms with E-state index in [0.717, 1.165) is 11.1 Å². The molecule has 2 aliphatic carbocycles. The number of hydrogen-bond donors (Lipinski definition) is 3. The Kier molecular flexibility index (Phi) is 11.9. The molecule has 2 aliphatic rings. The van der Waals surface area contributed by atoms with Crippen molar-refractivity contribution >= 4 is 22.9 Å². The number of fused-ring (bicyclic) bond motifs is 1. The van der Waals surface area contributed by atoms with E-state index in [2.05, 4.69) is 4.18 Å². The molecule has 1 atom stereocenters. The molecule has 10 heteroatoms. The molecule has 0 fully saturated rings. The molecule has 5 N–H and O–H groups in total. The van der Waals surface area contributed by atoms with Gasteiger partial charge in [-0.15, -0.1) is 0 Å². The van der Waals surface area contributed by atoms with Gasteiger partial charge in [0.1, 0.15) is 22.8 Å². The van der Waals surface area contributed by atoms with Crippen LogP contribution in [-0.4, -0.2) is 23.0 Å². The van der Waals surface area contributed by atoms with Crippen LogP contribution in [0, 0.1) is 0 Å². The Hall–Kier alpha value is -1.01. The summed E-state index contributed by atoms with van der Waals surface area (Å²) in [6.07, 6.45) is 0.123. The maximum Gasteiger partial charge on any atom is 1.00 e. The first kappa shape index (κ1) is 24.0. The van der Waals surface area contributed by atoms with Gasteiger partial charge in [0.05, 0.1) is 0 Å². The molecular formula is C15H17KN2O6S. The maximum atomic E-state index is 10.4. The Morgan fingerprint density at radius 1 is 1.12 bits per heavy atom. The van der Waals surface area contributed by atoms with Gasteiger partial charge in [-0.25, -0.2) is 0 Å². The number of rotatable bonds is 6. The number of amides is 1. The third kappa shape index (κ3) is 9.30. The summed E-state index contributed by atoms with van der Waals surface area (Å²) in [6, 6.07) is 11.8. The predicted octanol–water partition coefficient (Wildman–Crippen LogP) is -1.94. The van der Waals surface area contributed by atoms with Crippen LogP contribution in [0.4, 0.5) is 0 Å².